The molecule has 1 aromatic rings. The molecule has 0 aliphatic carbocycles. The van der Waals surface area contributed by atoms with E-state index in [9.17, 15) is 0 Å². The van der Waals surface area contributed by atoms with E-state index in [1.165, 1.54) is 135 Å². The average Bonchev–Trinajstić information content (AvgIpc) is 3.11. The largest absolute Gasteiger partial charge is 0.256 e. The first-order chi connectivity index (χ1) is 14.3. The zero-order valence-corrected chi connectivity index (χ0v) is 20.4. The molecule has 2 heteroatoms. The molecule has 2 nitrogen and oxygen atoms in total. The van der Waals surface area contributed by atoms with Gasteiger partial charge in [-0.25, -0.2) is 9.13 Å². The van der Waals surface area contributed by atoms with E-state index < -0.39 is 0 Å². The van der Waals surface area contributed by atoms with Gasteiger partial charge in [0, 0.05) is 6.42 Å². The molecule has 0 radical (unpaired) electrons. The number of rotatable bonds is 21. The summed E-state index contributed by atoms with van der Waals surface area (Å²) < 4.78 is 5.14. The molecular formula is C27H53N2+. The van der Waals surface area contributed by atoms with Gasteiger partial charge in [0.2, 0.25) is 0 Å². The molecule has 0 atom stereocenters. The van der Waals surface area contributed by atoms with Gasteiger partial charge < -0.3 is 0 Å². The quantitative estimate of drug-likeness (QED) is 0.143. The van der Waals surface area contributed by atoms with Crippen LogP contribution in [0.2, 0.25) is 0 Å². The molecule has 0 aromatic carbocycles. The summed E-state index contributed by atoms with van der Waals surface area (Å²) in [5, 5.41) is 0. The van der Waals surface area contributed by atoms with Crippen LogP contribution in [0.4, 0.5) is 0 Å². The molecule has 29 heavy (non-hydrogen) atoms. The van der Waals surface area contributed by atoms with E-state index >= 15 is 0 Å². The Balaban J connectivity index is 2.29. The third-order valence-corrected chi connectivity index (χ3v) is 6.35. The Morgan fingerprint density at radius 3 is 1.66 bits per heavy atom. The third kappa shape index (κ3) is 13.2. The molecule has 0 spiro atoms. The van der Waals surface area contributed by atoms with Crippen LogP contribution in [0, 0.1) is 0 Å². The summed E-state index contributed by atoms with van der Waals surface area (Å²) in [7, 11) is 0. The maximum atomic E-state index is 2.58. The lowest BCUT2D eigenvalue weighted by molar-refractivity contribution is -0.704. The van der Waals surface area contributed by atoms with Crippen molar-refractivity contribution in [1.82, 2.24) is 4.57 Å². The lowest BCUT2D eigenvalue weighted by Gasteiger charge is -2.06. The highest BCUT2D eigenvalue weighted by Gasteiger charge is 2.16. The minimum atomic E-state index is 1.22. The van der Waals surface area contributed by atoms with E-state index in [4.69, 9.17) is 0 Å². The molecule has 1 heterocycles. The van der Waals surface area contributed by atoms with Gasteiger partial charge in [0.25, 0.3) is 5.82 Å². The summed E-state index contributed by atoms with van der Waals surface area (Å²) in [6.45, 7) is 9.35. The Kier molecular flexibility index (Phi) is 17.4. The van der Waals surface area contributed by atoms with Crippen LogP contribution in [0.5, 0.6) is 0 Å². The zero-order chi connectivity index (χ0) is 21.0. The van der Waals surface area contributed by atoms with Crippen LogP contribution >= 0.6 is 0 Å². The van der Waals surface area contributed by atoms with Crippen molar-refractivity contribution in [1.29, 1.82) is 0 Å². The number of unbranched alkanes of at least 4 members (excludes halogenated alkanes) is 15. The van der Waals surface area contributed by atoms with E-state index in [2.05, 4.69) is 42.3 Å². The summed E-state index contributed by atoms with van der Waals surface area (Å²) in [6.07, 6.45) is 31.1. The average molecular weight is 406 g/mol. The number of imidazole rings is 1. The van der Waals surface area contributed by atoms with Gasteiger partial charge in [-0.15, -0.1) is 0 Å². The summed E-state index contributed by atoms with van der Waals surface area (Å²) in [6, 6.07) is 0. The standard InChI is InChI=1S/C27H53N2/c1-4-7-10-12-13-14-15-16-18-21-24-29-26-25-28(23-20-17-11-8-5-2)27(29)22-19-9-6-3/h25-26H,4-24H2,1-3H3/q+1. The zero-order valence-electron chi connectivity index (χ0n) is 20.4. The highest BCUT2D eigenvalue weighted by atomic mass is 15.1. The molecule has 0 aliphatic rings. The predicted octanol–water partition coefficient (Wildman–Crippen LogP) is 8.40. The number of hydrogen-bond donors (Lipinski definition) is 0. The van der Waals surface area contributed by atoms with Crippen LogP contribution in [0.15, 0.2) is 12.4 Å². The first-order valence-electron chi connectivity index (χ1n) is 13.4. The van der Waals surface area contributed by atoms with E-state index in [0.717, 1.165) is 0 Å². The van der Waals surface area contributed by atoms with E-state index in [1.54, 1.807) is 5.82 Å². The normalized spacial score (nSPS) is 11.4. The lowest BCUT2D eigenvalue weighted by Crippen LogP contribution is -2.37. The van der Waals surface area contributed by atoms with Crippen molar-refractivity contribution in [3.63, 3.8) is 0 Å². The highest BCUT2D eigenvalue weighted by Crippen LogP contribution is 2.12. The van der Waals surface area contributed by atoms with Gasteiger partial charge in [0.1, 0.15) is 12.4 Å². The SMILES string of the molecule is CCCCCCCCCCCCn1cc[n+](CCCCCCC)c1CCCCC. The lowest BCUT2D eigenvalue weighted by atomic mass is 10.1. The van der Waals surface area contributed by atoms with Gasteiger partial charge in [0.15, 0.2) is 0 Å². The molecule has 0 saturated heterocycles. The van der Waals surface area contributed by atoms with Crippen molar-refractivity contribution >= 4 is 0 Å². The molecule has 0 fully saturated rings. The predicted molar refractivity (Wildman–Crippen MR) is 128 cm³/mol. The maximum Gasteiger partial charge on any atom is 0.256 e. The van der Waals surface area contributed by atoms with Crippen LogP contribution < -0.4 is 4.57 Å². The Labute approximate surface area is 183 Å². The molecule has 0 aliphatic heterocycles. The first-order valence-corrected chi connectivity index (χ1v) is 13.4. The molecule has 0 saturated carbocycles. The van der Waals surface area contributed by atoms with E-state index in [1.807, 2.05) is 0 Å². The fourth-order valence-corrected chi connectivity index (χ4v) is 4.38. The summed E-state index contributed by atoms with van der Waals surface area (Å²) >= 11 is 0. The number of nitrogens with zero attached hydrogens (tertiary/aromatic N) is 2. The smallest absolute Gasteiger partial charge is 0.234 e. The molecular weight excluding hydrogens is 352 g/mol. The van der Waals surface area contributed by atoms with Crippen molar-refractivity contribution < 1.29 is 4.57 Å². The van der Waals surface area contributed by atoms with Crippen LogP contribution in [-0.4, -0.2) is 4.57 Å². The van der Waals surface area contributed by atoms with E-state index in [0.29, 0.717) is 0 Å². The van der Waals surface area contributed by atoms with Crippen molar-refractivity contribution in [2.75, 3.05) is 0 Å². The summed E-state index contributed by atoms with van der Waals surface area (Å²) in [5.41, 5.74) is 0. The second kappa shape index (κ2) is 19.2. The summed E-state index contributed by atoms with van der Waals surface area (Å²) in [5.74, 6) is 1.59. The van der Waals surface area contributed by atoms with Crippen LogP contribution in [0.3, 0.4) is 0 Å². The highest BCUT2D eigenvalue weighted by molar-refractivity contribution is 4.84. The van der Waals surface area contributed by atoms with E-state index in [-0.39, 0.29) is 0 Å². The second-order valence-corrected chi connectivity index (χ2v) is 9.15. The topological polar surface area (TPSA) is 8.81 Å². The molecule has 1 rings (SSSR count). The van der Waals surface area contributed by atoms with Gasteiger partial charge in [-0.3, -0.25) is 0 Å². The fraction of sp³-hybridized carbons (Fsp3) is 0.889. The fourth-order valence-electron chi connectivity index (χ4n) is 4.38. The molecule has 0 N–H and O–H groups in total. The number of hydrogen-bond acceptors (Lipinski definition) is 0. The number of aromatic nitrogens is 2. The van der Waals surface area contributed by atoms with Crippen LogP contribution in [0.1, 0.15) is 142 Å². The molecule has 0 amide bonds. The van der Waals surface area contributed by atoms with Crippen molar-refractivity contribution in [2.24, 2.45) is 0 Å². The van der Waals surface area contributed by atoms with Gasteiger partial charge >= 0.3 is 0 Å². The minimum Gasteiger partial charge on any atom is -0.234 e. The Morgan fingerprint density at radius 2 is 1.07 bits per heavy atom. The maximum absolute atomic E-state index is 2.58. The van der Waals surface area contributed by atoms with Gasteiger partial charge in [0.05, 0.1) is 13.1 Å². The molecule has 0 unspecified atom stereocenters. The Morgan fingerprint density at radius 1 is 0.586 bits per heavy atom. The molecule has 1 aromatic heterocycles. The monoisotopic (exact) mass is 405 g/mol. The van der Waals surface area contributed by atoms with Gasteiger partial charge in [-0.1, -0.05) is 104 Å². The minimum absolute atomic E-state index is 1.22. The molecule has 170 valence electrons. The molecule has 0 bridgehead atoms. The Hall–Kier alpha value is -0.790. The Bertz CT molecular complexity index is 463. The number of aryl methyl sites for hydroxylation is 2. The second-order valence-electron chi connectivity index (χ2n) is 9.15. The van der Waals surface area contributed by atoms with Crippen molar-refractivity contribution in [3.05, 3.63) is 18.2 Å². The van der Waals surface area contributed by atoms with Crippen LogP contribution in [0.25, 0.3) is 0 Å². The van der Waals surface area contributed by atoms with Crippen LogP contribution in [-0.2, 0) is 19.5 Å². The summed E-state index contributed by atoms with van der Waals surface area (Å²) in [4.78, 5) is 0. The first kappa shape index (κ1) is 26.2. The van der Waals surface area contributed by atoms with Crippen molar-refractivity contribution in [3.8, 4) is 0 Å². The van der Waals surface area contributed by atoms with Gasteiger partial charge in [-0.05, 0) is 32.1 Å². The third-order valence-electron chi connectivity index (χ3n) is 6.35. The van der Waals surface area contributed by atoms with Crippen molar-refractivity contribution in [2.45, 2.75) is 156 Å². The van der Waals surface area contributed by atoms with Gasteiger partial charge in [-0.2, -0.15) is 0 Å².